The van der Waals surface area contributed by atoms with E-state index in [1.807, 2.05) is 32.9 Å². The van der Waals surface area contributed by atoms with Gasteiger partial charge in [0.15, 0.2) is 5.96 Å². The average Bonchev–Trinajstić information content (AvgIpc) is 3.14. The van der Waals surface area contributed by atoms with Crippen LogP contribution < -0.4 is 20.7 Å². The third-order valence-corrected chi connectivity index (χ3v) is 4.19. The molecule has 0 aliphatic heterocycles. The summed E-state index contributed by atoms with van der Waals surface area (Å²) in [5, 5.41) is 9.12. The van der Waals surface area contributed by atoms with Crippen molar-refractivity contribution in [2.24, 2.45) is 4.99 Å². The average molecular weight is 519 g/mol. The molecule has 0 aromatic carbocycles. The van der Waals surface area contributed by atoms with E-state index >= 15 is 0 Å². The number of ether oxygens (including phenoxy) is 2. The fourth-order valence-corrected chi connectivity index (χ4v) is 2.89. The lowest BCUT2D eigenvalue weighted by molar-refractivity contribution is 0.0529. The van der Waals surface area contributed by atoms with E-state index in [0.717, 1.165) is 18.4 Å². The quantitative estimate of drug-likeness (QED) is 0.222. The highest BCUT2D eigenvalue weighted by Crippen LogP contribution is 2.24. The molecule has 0 unspecified atom stereocenters. The zero-order valence-corrected chi connectivity index (χ0v) is 20.1. The normalized spacial score (nSPS) is 14.7. The fourth-order valence-electron chi connectivity index (χ4n) is 2.89. The minimum Gasteiger partial charge on any atom is -0.474 e. The SMILES string of the molecule is CN=C(NCCNC(=O)OC(C)(C)C)NCc1cccnc1OC1CCCC1.I. The third kappa shape index (κ3) is 10.00. The van der Waals surface area contributed by atoms with E-state index < -0.39 is 11.7 Å². The maximum Gasteiger partial charge on any atom is 0.407 e. The summed E-state index contributed by atoms with van der Waals surface area (Å²) in [6, 6.07) is 3.90. The van der Waals surface area contributed by atoms with Crippen LogP contribution in [0.5, 0.6) is 5.88 Å². The van der Waals surface area contributed by atoms with Gasteiger partial charge in [0.05, 0.1) is 0 Å². The summed E-state index contributed by atoms with van der Waals surface area (Å²) in [4.78, 5) is 20.2. The lowest BCUT2D eigenvalue weighted by Gasteiger charge is -2.20. The van der Waals surface area contributed by atoms with E-state index in [9.17, 15) is 4.79 Å². The number of guanidine groups is 1. The number of hydrogen-bond acceptors (Lipinski definition) is 5. The number of amides is 1. The molecule has 8 nitrogen and oxygen atoms in total. The summed E-state index contributed by atoms with van der Waals surface area (Å²) in [6.45, 7) is 7.00. The first kappa shape index (κ1) is 25.3. The number of carbonyl (C=O) groups excluding carboxylic acids is 1. The minimum atomic E-state index is -0.503. The van der Waals surface area contributed by atoms with Crippen molar-refractivity contribution in [3.8, 4) is 5.88 Å². The highest BCUT2D eigenvalue weighted by molar-refractivity contribution is 14.0. The third-order valence-electron chi connectivity index (χ3n) is 4.19. The molecule has 1 aliphatic rings. The standard InChI is InChI=1S/C20H33N5O3.HI/c1-20(2,3)28-19(26)24-13-12-23-18(21-4)25-14-15-8-7-11-22-17(15)27-16-9-5-6-10-16;/h7-8,11,16H,5-6,9-10,12-14H2,1-4H3,(H,24,26)(H2,21,23,25);1H. The van der Waals surface area contributed by atoms with E-state index in [2.05, 4.69) is 25.9 Å². The second-order valence-electron chi connectivity index (χ2n) is 7.77. The van der Waals surface area contributed by atoms with Gasteiger partial charge in [0.1, 0.15) is 11.7 Å². The molecule has 1 amide bonds. The van der Waals surface area contributed by atoms with E-state index in [0.29, 0.717) is 31.5 Å². The molecule has 9 heteroatoms. The molecule has 1 saturated carbocycles. The molecular weight excluding hydrogens is 485 g/mol. The Morgan fingerprint density at radius 3 is 2.55 bits per heavy atom. The van der Waals surface area contributed by atoms with Crippen LogP contribution in [0.3, 0.4) is 0 Å². The Morgan fingerprint density at radius 2 is 1.90 bits per heavy atom. The molecule has 0 saturated heterocycles. The van der Waals surface area contributed by atoms with Crippen LogP contribution in [0.15, 0.2) is 23.3 Å². The number of nitrogens with zero attached hydrogens (tertiary/aromatic N) is 2. The van der Waals surface area contributed by atoms with Crippen LogP contribution in [0.4, 0.5) is 4.79 Å². The van der Waals surface area contributed by atoms with Crippen LogP contribution >= 0.6 is 24.0 Å². The molecule has 164 valence electrons. The first-order valence-corrected chi connectivity index (χ1v) is 9.89. The Balaban J connectivity index is 0.00000420. The summed E-state index contributed by atoms with van der Waals surface area (Å²) in [5.41, 5.74) is 0.487. The van der Waals surface area contributed by atoms with Crippen molar-refractivity contribution in [3.05, 3.63) is 23.9 Å². The summed E-state index contributed by atoms with van der Waals surface area (Å²) in [6.07, 6.45) is 6.22. The van der Waals surface area contributed by atoms with Crippen molar-refractivity contribution in [1.82, 2.24) is 20.9 Å². The maximum atomic E-state index is 11.6. The van der Waals surface area contributed by atoms with Gasteiger partial charge in [0.2, 0.25) is 5.88 Å². The number of nitrogens with one attached hydrogen (secondary N) is 3. The monoisotopic (exact) mass is 519 g/mol. The van der Waals surface area contributed by atoms with Crippen molar-refractivity contribution in [3.63, 3.8) is 0 Å². The molecular formula is C20H34IN5O3. The predicted octanol–water partition coefficient (Wildman–Crippen LogP) is 3.21. The van der Waals surface area contributed by atoms with Gasteiger partial charge in [-0.2, -0.15) is 0 Å². The van der Waals surface area contributed by atoms with Gasteiger partial charge in [-0.25, -0.2) is 9.78 Å². The molecule has 0 atom stereocenters. The smallest absolute Gasteiger partial charge is 0.407 e. The van der Waals surface area contributed by atoms with E-state index in [1.54, 1.807) is 13.2 Å². The van der Waals surface area contributed by atoms with Gasteiger partial charge in [0.25, 0.3) is 0 Å². The molecule has 1 fully saturated rings. The molecule has 2 rings (SSSR count). The van der Waals surface area contributed by atoms with Gasteiger partial charge in [-0.1, -0.05) is 6.07 Å². The number of alkyl carbamates (subject to hydrolysis) is 1. The molecule has 0 radical (unpaired) electrons. The van der Waals surface area contributed by atoms with Gasteiger partial charge >= 0.3 is 6.09 Å². The molecule has 1 heterocycles. The largest absolute Gasteiger partial charge is 0.474 e. The van der Waals surface area contributed by atoms with Gasteiger partial charge in [-0.05, 0) is 52.5 Å². The number of pyridine rings is 1. The molecule has 0 spiro atoms. The highest BCUT2D eigenvalue weighted by atomic mass is 127. The maximum absolute atomic E-state index is 11.6. The second kappa shape index (κ2) is 12.7. The van der Waals surface area contributed by atoms with Crippen molar-refractivity contribution in [2.45, 2.75) is 64.7 Å². The molecule has 1 aromatic heterocycles. The van der Waals surface area contributed by atoms with Crippen molar-refractivity contribution >= 4 is 36.0 Å². The van der Waals surface area contributed by atoms with Gasteiger partial charge < -0.3 is 25.4 Å². The Morgan fingerprint density at radius 1 is 1.21 bits per heavy atom. The summed E-state index contributed by atoms with van der Waals surface area (Å²) in [5.74, 6) is 1.32. The van der Waals surface area contributed by atoms with E-state index in [4.69, 9.17) is 9.47 Å². The minimum absolute atomic E-state index is 0. The lowest BCUT2D eigenvalue weighted by Crippen LogP contribution is -2.42. The lowest BCUT2D eigenvalue weighted by atomic mass is 10.2. The number of halogens is 1. The number of hydrogen-bond donors (Lipinski definition) is 3. The molecule has 1 aromatic rings. The van der Waals surface area contributed by atoms with Gasteiger partial charge in [-0.3, -0.25) is 4.99 Å². The topological polar surface area (TPSA) is 96.9 Å². The van der Waals surface area contributed by atoms with Crippen molar-refractivity contribution in [1.29, 1.82) is 0 Å². The van der Waals surface area contributed by atoms with Crippen LogP contribution in [-0.2, 0) is 11.3 Å². The van der Waals surface area contributed by atoms with E-state index in [-0.39, 0.29) is 30.1 Å². The Bertz CT molecular complexity index is 658. The molecule has 29 heavy (non-hydrogen) atoms. The Hall–Kier alpha value is -1.78. The number of rotatable bonds is 7. The van der Waals surface area contributed by atoms with Crippen molar-refractivity contribution < 1.29 is 14.3 Å². The van der Waals surface area contributed by atoms with Crippen LogP contribution in [0, 0.1) is 0 Å². The summed E-state index contributed by atoms with van der Waals surface area (Å²) in [7, 11) is 1.70. The Labute approximate surface area is 190 Å². The molecule has 0 bridgehead atoms. The van der Waals surface area contributed by atoms with Crippen LogP contribution in [0.25, 0.3) is 0 Å². The fraction of sp³-hybridized carbons (Fsp3) is 0.650. The zero-order chi connectivity index (χ0) is 20.4. The van der Waals surface area contributed by atoms with Crippen LogP contribution in [0.1, 0.15) is 52.0 Å². The number of carbonyl (C=O) groups is 1. The molecule has 1 aliphatic carbocycles. The second-order valence-corrected chi connectivity index (χ2v) is 7.77. The summed E-state index contributed by atoms with van der Waals surface area (Å²) < 4.78 is 11.3. The number of aromatic nitrogens is 1. The highest BCUT2D eigenvalue weighted by Gasteiger charge is 2.18. The number of aliphatic imine (C=N–C) groups is 1. The first-order valence-electron chi connectivity index (χ1n) is 9.89. The zero-order valence-electron chi connectivity index (χ0n) is 17.8. The van der Waals surface area contributed by atoms with Crippen LogP contribution in [-0.4, -0.2) is 48.9 Å². The van der Waals surface area contributed by atoms with Gasteiger partial charge in [-0.15, -0.1) is 24.0 Å². The van der Waals surface area contributed by atoms with Crippen molar-refractivity contribution in [2.75, 3.05) is 20.1 Å². The summed E-state index contributed by atoms with van der Waals surface area (Å²) >= 11 is 0. The molecule has 3 N–H and O–H groups in total. The Kier molecular flexibility index (Phi) is 11.1. The predicted molar refractivity (Wildman–Crippen MR) is 125 cm³/mol. The van der Waals surface area contributed by atoms with Gasteiger partial charge in [0, 0.05) is 38.4 Å². The van der Waals surface area contributed by atoms with E-state index in [1.165, 1.54) is 12.8 Å². The first-order chi connectivity index (χ1) is 13.4. The van der Waals surface area contributed by atoms with Crippen LogP contribution in [0.2, 0.25) is 0 Å².